The summed E-state index contributed by atoms with van der Waals surface area (Å²) >= 11 is 0. The SMILES string of the molecule is O=C(Oc1ccc([N+](=O)[O-])cc1[N+](=O)[O-])c1ccc(N=Cc2ccc(O)cc2)cc1. The Hall–Kier alpha value is -4.60. The van der Waals surface area contributed by atoms with Gasteiger partial charge in [0.15, 0.2) is 0 Å². The average molecular weight is 407 g/mol. The van der Waals surface area contributed by atoms with Gasteiger partial charge in [-0.1, -0.05) is 0 Å². The molecule has 0 saturated carbocycles. The molecule has 0 aromatic heterocycles. The van der Waals surface area contributed by atoms with E-state index in [0.29, 0.717) is 5.69 Å². The number of esters is 1. The third kappa shape index (κ3) is 4.81. The number of nitro groups is 2. The number of hydrogen-bond acceptors (Lipinski definition) is 8. The van der Waals surface area contributed by atoms with Gasteiger partial charge in [-0.15, -0.1) is 0 Å². The van der Waals surface area contributed by atoms with Crippen molar-refractivity contribution in [1.82, 2.24) is 0 Å². The summed E-state index contributed by atoms with van der Waals surface area (Å²) in [5.74, 6) is -1.12. The van der Waals surface area contributed by atoms with E-state index in [2.05, 4.69) is 4.99 Å². The van der Waals surface area contributed by atoms with E-state index in [1.807, 2.05) is 0 Å². The summed E-state index contributed by atoms with van der Waals surface area (Å²) in [6.45, 7) is 0. The maximum atomic E-state index is 12.3. The molecule has 10 heteroatoms. The fourth-order valence-electron chi connectivity index (χ4n) is 2.40. The van der Waals surface area contributed by atoms with Crippen LogP contribution in [0, 0.1) is 20.2 Å². The topological polar surface area (TPSA) is 145 Å². The van der Waals surface area contributed by atoms with Gasteiger partial charge in [0.1, 0.15) is 5.75 Å². The van der Waals surface area contributed by atoms with E-state index in [1.54, 1.807) is 30.5 Å². The molecule has 0 unspecified atom stereocenters. The number of aromatic hydroxyl groups is 1. The van der Waals surface area contributed by atoms with Crippen molar-refractivity contribution in [1.29, 1.82) is 0 Å². The van der Waals surface area contributed by atoms with Crippen molar-refractivity contribution in [3.8, 4) is 11.5 Å². The molecule has 0 aliphatic heterocycles. The van der Waals surface area contributed by atoms with Crippen LogP contribution in [0.5, 0.6) is 11.5 Å². The smallest absolute Gasteiger partial charge is 0.343 e. The summed E-state index contributed by atoms with van der Waals surface area (Å²) in [6.07, 6.45) is 1.58. The molecule has 150 valence electrons. The zero-order valence-corrected chi connectivity index (χ0v) is 15.2. The van der Waals surface area contributed by atoms with E-state index in [0.717, 1.165) is 23.8 Å². The fraction of sp³-hybridized carbons (Fsp3) is 0. The molecule has 0 aliphatic carbocycles. The maximum absolute atomic E-state index is 12.3. The van der Waals surface area contributed by atoms with Crippen molar-refractivity contribution in [2.24, 2.45) is 4.99 Å². The minimum atomic E-state index is -0.864. The third-order valence-corrected chi connectivity index (χ3v) is 3.91. The van der Waals surface area contributed by atoms with Gasteiger partial charge in [0, 0.05) is 12.3 Å². The lowest BCUT2D eigenvalue weighted by Gasteiger charge is -2.05. The molecule has 0 heterocycles. The normalized spacial score (nSPS) is 10.7. The largest absolute Gasteiger partial charge is 0.508 e. The lowest BCUT2D eigenvalue weighted by atomic mass is 10.2. The highest BCUT2D eigenvalue weighted by molar-refractivity contribution is 5.92. The minimum Gasteiger partial charge on any atom is -0.508 e. The Labute approximate surface area is 169 Å². The van der Waals surface area contributed by atoms with E-state index in [9.17, 15) is 30.1 Å². The number of carbonyl (C=O) groups is 1. The number of benzene rings is 3. The van der Waals surface area contributed by atoms with E-state index in [4.69, 9.17) is 4.74 Å². The van der Waals surface area contributed by atoms with Gasteiger partial charge in [0.25, 0.3) is 5.69 Å². The Kier molecular flexibility index (Phi) is 5.78. The van der Waals surface area contributed by atoms with Crippen molar-refractivity contribution in [2.45, 2.75) is 0 Å². The van der Waals surface area contributed by atoms with Crippen molar-refractivity contribution in [3.63, 3.8) is 0 Å². The Morgan fingerprint density at radius 1 is 0.933 bits per heavy atom. The molecule has 0 saturated heterocycles. The highest BCUT2D eigenvalue weighted by Crippen LogP contribution is 2.31. The summed E-state index contributed by atoms with van der Waals surface area (Å²) in [5, 5.41) is 31.2. The Balaban J connectivity index is 1.74. The Bertz CT molecular complexity index is 1140. The van der Waals surface area contributed by atoms with Crippen LogP contribution in [0.25, 0.3) is 0 Å². The monoisotopic (exact) mass is 407 g/mol. The van der Waals surface area contributed by atoms with Crippen LogP contribution in [-0.2, 0) is 0 Å². The molecular formula is C20H13N3O7. The zero-order valence-electron chi connectivity index (χ0n) is 15.2. The predicted octanol–water partition coefficient (Wildman–Crippen LogP) is 4.18. The van der Waals surface area contributed by atoms with E-state index in [-0.39, 0.29) is 11.3 Å². The summed E-state index contributed by atoms with van der Waals surface area (Å²) in [5.41, 5.74) is 0.249. The first-order valence-electron chi connectivity index (χ1n) is 8.41. The standard InChI is InChI=1S/C20H13N3O7/c24-17-8-1-13(2-9-17)12-21-15-5-3-14(4-6-15)20(25)30-19-10-7-16(22(26)27)11-18(19)23(28)29/h1-12,24H. The number of nitrogens with zero attached hydrogens (tertiary/aromatic N) is 3. The summed E-state index contributed by atoms with van der Waals surface area (Å²) in [4.78, 5) is 36.8. The third-order valence-electron chi connectivity index (χ3n) is 3.91. The molecule has 0 radical (unpaired) electrons. The van der Waals surface area contributed by atoms with Crippen LogP contribution >= 0.6 is 0 Å². The first-order chi connectivity index (χ1) is 14.3. The van der Waals surface area contributed by atoms with E-state index in [1.165, 1.54) is 24.3 Å². The van der Waals surface area contributed by atoms with Gasteiger partial charge in [-0.3, -0.25) is 25.2 Å². The average Bonchev–Trinajstić information content (AvgIpc) is 2.73. The number of hydrogen-bond donors (Lipinski definition) is 1. The number of phenols is 1. The minimum absolute atomic E-state index is 0.117. The first-order valence-corrected chi connectivity index (χ1v) is 8.41. The van der Waals surface area contributed by atoms with Gasteiger partial charge in [0.05, 0.1) is 27.2 Å². The van der Waals surface area contributed by atoms with Crippen LogP contribution in [-0.4, -0.2) is 27.1 Å². The molecule has 0 atom stereocenters. The van der Waals surface area contributed by atoms with Crippen LogP contribution in [0.2, 0.25) is 0 Å². The van der Waals surface area contributed by atoms with Crippen LogP contribution in [0.15, 0.2) is 71.7 Å². The van der Waals surface area contributed by atoms with Crippen molar-refractivity contribution < 1.29 is 24.5 Å². The first kappa shape index (κ1) is 20.1. The number of ether oxygens (including phenoxy) is 1. The molecule has 0 spiro atoms. The van der Waals surface area contributed by atoms with Crippen molar-refractivity contribution >= 4 is 29.2 Å². The molecular weight excluding hydrogens is 394 g/mol. The molecule has 1 N–H and O–H groups in total. The lowest BCUT2D eigenvalue weighted by molar-refractivity contribution is -0.394. The second-order valence-electron chi connectivity index (χ2n) is 5.95. The number of rotatable bonds is 6. The molecule has 3 aromatic carbocycles. The molecule has 0 bridgehead atoms. The number of phenolic OH excluding ortho intramolecular Hbond substituents is 1. The van der Waals surface area contributed by atoms with Crippen LogP contribution in [0.1, 0.15) is 15.9 Å². The van der Waals surface area contributed by atoms with E-state index >= 15 is 0 Å². The zero-order chi connectivity index (χ0) is 21.7. The number of aliphatic imine (C=N–C) groups is 1. The van der Waals surface area contributed by atoms with Gasteiger partial charge in [-0.25, -0.2) is 4.79 Å². The van der Waals surface area contributed by atoms with Crippen molar-refractivity contribution in [2.75, 3.05) is 0 Å². The van der Waals surface area contributed by atoms with Crippen LogP contribution in [0.4, 0.5) is 17.1 Å². The van der Waals surface area contributed by atoms with E-state index < -0.39 is 32.9 Å². The van der Waals surface area contributed by atoms with Gasteiger partial charge in [-0.05, 0) is 60.2 Å². The number of nitro benzene ring substituents is 2. The Morgan fingerprint density at radius 3 is 2.20 bits per heavy atom. The molecule has 3 rings (SSSR count). The quantitative estimate of drug-likeness (QED) is 0.212. The molecule has 0 amide bonds. The molecule has 10 nitrogen and oxygen atoms in total. The molecule has 0 fully saturated rings. The van der Waals surface area contributed by atoms with Crippen LogP contribution in [0.3, 0.4) is 0 Å². The predicted molar refractivity (Wildman–Crippen MR) is 107 cm³/mol. The number of non-ortho nitro benzene ring substituents is 1. The van der Waals surface area contributed by atoms with Gasteiger partial charge in [-0.2, -0.15) is 0 Å². The molecule has 3 aromatic rings. The number of carbonyl (C=O) groups excluding carboxylic acids is 1. The second kappa shape index (κ2) is 8.61. The lowest BCUT2D eigenvalue weighted by Crippen LogP contribution is -2.09. The molecule has 0 aliphatic rings. The summed E-state index contributed by atoms with van der Waals surface area (Å²) < 4.78 is 5.04. The fourth-order valence-corrected chi connectivity index (χ4v) is 2.40. The van der Waals surface area contributed by atoms with Gasteiger partial charge in [0.2, 0.25) is 5.75 Å². The van der Waals surface area contributed by atoms with Crippen LogP contribution < -0.4 is 4.74 Å². The van der Waals surface area contributed by atoms with Gasteiger partial charge >= 0.3 is 11.7 Å². The summed E-state index contributed by atoms with van der Waals surface area (Å²) in [7, 11) is 0. The van der Waals surface area contributed by atoms with Crippen molar-refractivity contribution in [3.05, 3.63) is 98.1 Å². The summed E-state index contributed by atoms with van der Waals surface area (Å²) in [6, 6.07) is 15.1. The highest BCUT2D eigenvalue weighted by atomic mass is 16.6. The second-order valence-corrected chi connectivity index (χ2v) is 5.95. The van der Waals surface area contributed by atoms with Gasteiger partial charge < -0.3 is 9.84 Å². The highest BCUT2D eigenvalue weighted by Gasteiger charge is 2.23. The molecule has 30 heavy (non-hydrogen) atoms. The maximum Gasteiger partial charge on any atom is 0.343 e. The Morgan fingerprint density at radius 2 is 1.60 bits per heavy atom.